The fourth-order valence-corrected chi connectivity index (χ4v) is 2.77. The van der Waals surface area contributed by atoms with Crippen LogP contribution in [-0.2, 0) is 11.3 Å². The molecule has 2 aromatic carbocycles. The van der Waals surface area contributed by atoms with E-state index in [0.29, 0.717) is 11.8 Å². The summed E-state index contributed by atoms with van der Waals surface area (Å²) < 4.78 is 5.29. The van der Waals surface area contributed by atoms with E-state index < -0.39 is 11.7 Å². The Labute approximate surface area is 187 Å². The average Bonchev–Trinajstić information content (AvgIpc) is 2.76. The molecule has 0 atom stereocenters. The minimum Gasteiger partial charge on any atom is -0.444 e. The Morgan fingerprint density at radius 1 is 1.12 bits per heavy atom. The largest absolute Gasteiger partial charge is 0.444 e. The predicted octanol–water partition coefficient (Wildman–Crippen LogP) is 3.65. The van der Waals surface area contributed by atoms with Gasteiger partial charge < -0.3 is 20.5 Å². The Morgan fingerprint density at radius 2 is 1.94 bits per heavy atom. The molecule has 1 heterocycles. The van der Waals surface area contributed by atoms with Crippen molar-refractivity contribution in [2.45, 2.75) is 32.9 Å². The summed E-state index contributed by atoms with van der Waals surface area (Å²) in [6, 6.07) is 15.0. The first-order valence-electron chi connectivity index (χ1n) is 10.0. The number of para-hydroxylation sites is 1. The molecule has 0 radical (unpaired) electrons. The summed E-state index contributed by atoms with van der Waals surface area (Å²) >= 11 is 0. The van der Waals surface area contributed by atoms with Gasteiger partial charge in [-0.15, -0.1) is 0 Å². The van der Waals surface area contributed by atoms with Gasteiger partial charge in [0.15, 0.2) is 5.82 Å². The van der Waals surface area contributed by atoms with E-state index in [1.54, 1.807) is 0 Å². The molecule has 0 aliphatic rings. The lowest BCUT2D eigenvalue weighted by Crippen LogP contribution is -2.32. The van der Waals surface area contributed by atoms with E-state index in [9.17, 15) is 4.79 Å². The average molecular weight is 431 g/mol. The molecule has 0 saturated heterocycles. The number of hydrogen-bond donors (Lipinski definition) is 3. The second kappa shape index (κ2) is 10.4. The molecule has 3 aromatic rings. The van der Waals surface area contributed by atoms with Crippen molar-refractivity contribution in [2.75, 3.05) is 11.9 Å². The summed E-state index contributed by atoms with van der Waals surface area (Å²) in [5.74, 6) is 6.35. The van der Waals surface area contributed by atoms with Crippen molar-refractivity contribution in [2.24, 2.45) is 0 Å². The molecular weight excluding hydrogens is 406 g/mol. The summed E-state index contributed by atoms with van der Waals surface area (Å²) in [6.45, 7) is 5.52. The number of benzene rings is 2. The van der Waals surface area contributed by atoms with Gasteiger partial charge in [0.2, 0.25) is 5.95 Å². The van der Waals surface area contributed by atoms with Crippen LogP contribution in [0.15, 0.2) is 54.9 Å². The van der Waals surface area contributed by atoms with E-state index >= 15 is 0 Å². The smallest absolute Gasteiger partial charge is 0.407 e. The van der Waals surface area contributed by atoms with Gasteiger partial charge in [-0.2, -0.15) is 4.98 Å². The third kappa shape index (κ3) is 6.79. The van der Waals surface area contributed by atoms with Gasteiger partial charge in [-0.3, -0.25) is 0 Å². The quantitative estimate of drug-likeness (QED) is 0.529. The third-order valence-corrected chi connectivity index (χ3v) is 4.09. The minimum absolute atomic E-state index is 0.202. The van der Waals surface area contributed by atoms with Crippen LogP contribution in [0, 0.1) is 11.8 Å². The Kier molecular flexibility index (Phi) is 7.37. The molecule has 0 aliphatic heterocycles. The molecular formula is C24H25N5O3. The Hall–Kier alpha value is -3.96. The number of carbonyl (C=O) groups is 1. The van der Waals surface area contributed by atoms with Gasteiger partial charge in [0.25, 0.3) is 0 Å². The number of nitrogens with one attached hydrogen (secondary N) is 2. The van der Waals surface area contributed by atoms with Crippen LogP contribution in [0.1, 0.15) is 31.9 Å². The molecule has 0 fully saturated rings. The van der Waals surface area contributed by atoms with Crippen LogP contribution in [-0.4, -0.2) is 38.4 Å². The summed E-state index contributed by atoms with van der Waals surface area (Å²) in [4.78, 5) is 25.0. The second-order valence-corrected chi connectivity index (χ2v) is 7.81. The van der Waals surface area contributed by atoms with Crippen molar-refractivity contribution < 1.29 is 14.6 Å². The molecule has 0 aliphatic carbocycles. The van der Waals surface area contributed by atoms with E-state index in [0.717, 1.165) is 22.4 Å². The lowest BCUT2D eigenvalue weighted by atomic mass is 10.1. The summed E-state index contributed by atoms with van der Waals surface area (Å²) in [5, 5.41) is 14.8. The topological polar surface area (TPSA) is 109 Å². The highest BCUT2D eigenvalue weighted by atomic mass is 16.6. The lowest BCUT2D eigenvalue weighted by molar-refractivity contribution is 0.0523. The molecule has 1 aromatic heterocycles. The van der Waals surface area contributed by atoms with Crippen LogP contribution in [0.2, 0.25) is 0 Å². The number of anilines is 2. The van der Waals surface area contributed by atoms with E-state index in [2.05, 4.69) is 37.4 Å². The van der Waals surface area contributed by atoms with Crippen LogP contribution in [0.25, 0.3) is 11.4 Å². The van der Waals surface area contributed by atoms with Gasteiger partial charge in [0.1, 0.15) is 18.5 Å². The Morgan fingerprint density at radius 3 is 2.72 bits per heavy atom. The van der Waals surface area contributed by atoms with Crippen molar-refractivity contribution in [3.8, 4) is 23.2 Å². The van der Waals surface area contributed by atoms with Gasteiger partial charge in [-0.05, 0) is 44.5 Å². The molecule has 164 valence electrons. The Bertz CT molecular complexity index is 1150. The number of alkyl carbamates (subject to hydrolysis) is 1. The van der Waals surface area contributed by atoms with Crippen molar-refractivity contribution >= 4 is 17.7 Å². The highest BCUT2D eigenvalue weighted by Crippen LogP contribution is 2.21. The van der Waals surface area contributed by atoms with Crippen LogP contribution >= 0.6 is 0 Å². The molecule has 3 N–H and O–H groups in total. The summed E-state index contributed by atoms with van der Waals surface area (Å²) in [5.41, 5.74) is 2.57. The maximum absolute atomic E-state index is 12.0. The van der Waals surface area contributed by atoms with E-state index in [-0.39, 0.29) is 13.2 Å². The van der Waals surface area contributed by atoms with Gasteiger partial charge in [0.05, 0.1) is 0 Å². The highest BCUT2D eigenvalue weighted by Gasteiger charge is 2.16. The number of ether oxygens (including phenoxy) is 1. The molecule has 8 heteroatoms. The Balaban J connectivity index is 1.76. The number of aromatic nitrogens is 3. The number of carbonyl (C=O) groups excluding carboxylic acids is 1. The molecule has 0 saturated carbocycles. The first-order chi connectivity index (χ1) is 15.3. The first-order valence-corrected chi connectivity index (χ1v) is 10.0. The zero-order valence-electron chi connectivity index (χ0n) is 18.2. The number of nitrogens with zero attached hydrogens (tertiary/aromatic N) is 3. The van der Waals surface area contributed by atoms with Crippen molar-refractivity contribution in [1.82, 2.24) is 20.3 Å². The second-order valence-electron chi connectivity index (χ2n) is 7.81. The number of rotatable bonds is 5. The number of aliphatic hydroxyl groups is 1. The summed E-state index contributed by atoms with van der Waals surface area (Å²) in [7, 11) is 0. The van der Waals surface area contributed by atoms with E-state index in [4.69, 9.17) is 9.84 Å². The SMILES string of the molecule is CC(C)(C)OC(=O)NCc1ccccc1Nc1ncnc(-c2cccc(C#CCO)c2)n1. The van der Waals surface area contributed by atoms with Crippen LogP contribution < -0.4 is 10.6 Å². The van der Waals surface area contributed by atoms with Gasteiger partial charge >= 0.3 is 6.09 Å². The standard InChI is InChI=1S/C24H25N5O3/c1-24(2,3)32-23(31)25-15-19-10-4-5-12-20(19)28-22-27-16-26-21(29-22)18-11-6-8-17(14-18)9-7-13-30/h4-6,8,10-12,14,16,30H,13,15H2,1-3H3,(H,25,31)(H,26,27,28,29). The monoisotopic (exact) mass is 431 g/mol. The molecule has 1 amide bonds. The number of aliphatic hydroxyl groups excluding tert-OH is 1. The van der Waals surface area contributed by atoms with Crippen LogP contribution in [0.3, 0.4) is 0 Å². The minimum atomic E-state index is -0.565. The van der Waals surface area contributed by atoms with Crippen LogP contribution in [0.5, 0.6) is 0 Å². The molecule has 32 heavy (non-hydrogen) atoms. The van der Waals surface area contributed by atoms with Crippen molar-refractivity contribution in [3.05, 3.63) is 66.0 Å². The highest BCUT2D eigenvalue weighted by molar-refractivity contribution is 5.69. The van der Waals surface area contributed by atoms with Crippen molar-refractivity contribution in [1.29, 1.82) is 0 Å². The normalized spacial score (nSPS) is 10.6. The molecule has 8 nitrogen and oxygen atoms in total. The number of hydrogen-bond acceptors (Lipinski definition) is 7. The fraction of sp³-hybridized carbons (Fsp3) is 0.250. The predicted molar refractivity (Wildman–Crippen MR) is 122 cm³/mol. The van der Waals surface area contributed by atoms with E-state index in [1.165, 1.54) is 6.33 Å². The van der Waals surface area contributed by atoms with Gasteiger partial charge in [0, 0.05) is 23.4 Å². The molecule has 3 rings (SSSR count). The van der Waals surface area contributed by atoms with E-state index in [1.807, 2.05) is 69.3 Å². The van der Waals surface area contributed by atoms with Crippen molar-refractivity contribution in [3.63, 3.8) is 0 Å². The zero-order valence-corrected chi connectivity index (χ0v) is 18.2. The van der Waals surface area contributed by atoms with Gasteiger partial charge in [-0.25, -0.2) is 14.8 Å². The fourth-order valence-electron chi connectivity index (χ4n) is 2.77. The number of amides is 1. The zero-order chi connectivity index (χ0) is 23.0. The molecule has 0 spiro atoms. The van der Waals surface area contributed by atoms with Gasteiger partial charge in [-0.1, -0.05) is 42.2 Å². The van der Waals surface area contributed by atoms with Crippen LogP contribution in [0.4, 0.5) is 16.4 Å². The first kappa shape index (κ1) is 22.7. The maximum atomic E-state index is 12.0. The molecule has 0 unspecified atom stereocenters. The maximum Gasteiger partial charge on any atom is 0.407 e. The third-order valence-electron chi connectivity index (χ3n) is 4.09. The molecule has 0 bridgehead atoms. The lowest BCUT2D eigenvalue weighted by Gasteiger charge is -2.20. The summed E-state index contributed by atoms with van der Waals surface area (Å²) in [6.07, 6.45) is 0.942.